The number of nitrogens with zero attached hydrogens (tertiary/aromatic N) is 2. The molecule has 1 unspecified atom stereocenters. The summed E-state index contributed by atoms with van der Waals surface area (Å²) in [4.78, 5) is 30.0. The van der Waals surface area contributed by atoms with Gasteiger partial charge in [-0.1, -0.05) is 12.5 Å². The number of nitrogens with one attached hydrogen (secondary N) is 1. The summed E-state index contributed by atoms with van der Waals surface area (Å²) >= 11 is 0. The van der Waals surface area contributed by atoms with Crippen LogP contribution in [0.15, 0.2) is 27.9 Å². The summed E-state index contributed by atoms with van der Waals surface area (Å²) in [5.74, 6) is -1.29. The third-order valence-corrected chi connectivity index (χ3v) is 6.96. The maximum Gasteiger partial charge on any atom is 0.296 e. The average molecular weight is 419 g/mol. The minimum Gasteiger partial charge on any atom is -0.501 e. The number of hydrogen-bond donors (Lipinski definition) is 2. The number of aromatic hydroxyl groups is 1. The molecule has 154 valence electrons. The van der Waals surface area contributed by atoms with E-state index in [0.29, 0.717) is 17.9 Å². The number of amides is 1. The van der Waals surface area contributed by atoms with Gasteiger partial charge in [-0.05, 0) is 43.4 Å². The maximum absolute atomic E-state index is 13.4. The maximum atomic E-state index is 13.4. The van der Waals surface area contributed by atoms with Gasteiger partial charge >= 0.3 is 0 Å². The van der Waals surface area contributed by atoms with Crippen LogP contribution in [0, 0.1) is 5.82 Å². The van der Waals surface area contributed by atoms with Gasteiger partial charge in [0.1, 0.15) is 11.6 Å². The van der Waals surface area contributed by atoms with Crippen molar-refractivity contribution in [2.24, 2.45) is 0 Å². The molecule has 29 heavy (non-hydrogen) atoms. The molecule has 2 aliphatic rings. The Morgan fingerprint density at radius 2 is 2.07 bits per heavy atom. The molecule has 1 saturated carbocycles. The summed E-state index contributed by atoms with van der Waals surface area (Å²) < 4.78 is 26.8. The summed E-state index contributed by atoms with van der Waals surface area (Å²) in [5.41, 5.74) is -0.576. The normalized spacial score (nSPS) is 18.0. The van der Waals surface area contributed by atoms with Gasteiger partial charge in [-0.3, -0.25) is 18.4 Å². The smallest absolute Gasteiger partial charge is 0.296 e. The number of hydrogen-bond acceptors (Lipinski definition) is 5. The Kier molecular flexibility index (Phi) is 5.02. The van der Waals surface area contributed by atoms with Crippen molar-refractivity contribution in [1.82, 2.24) is 14.9 Å². The van der Waals surface area contributed by atoms with Crippen LogP contribution >= 0.6 is 0 Å². The van der Waals surface area contributed by atoms with Gasteiger partial charge in [0.25, 0.3) is 11.5 Å². The number of carbonyl (C=O) groups is 1. The van der Waals surface area contributed by atoms with Gasteiger partial charge in [0.2, 0.25) is 5.75 Å². The van der Waals surface area contributed by atoms with E-state index in [0.717, 1.165) is 32.1 Å². The van der Waals surface area contributed by atoms with E-state index in [9.17, 15) is 23.3 Å². The molecule has 0 saturated heterocycles. The Morgan fingerprint density at radius 3 is 2.72 bits per heavy atom. The third kappa shape index (κ3) is 3.37. The lowest BCUT2D eigenvalue weighted by Crippen LogP contribution is -2.45. The molecule has 2 heterocycles. The Balaban J connectivity index is 1.64. The van der Waals surface area contributed by atoms with E-state index in [2.05, 4.69) is 10.3 Å². The molecule has 7 nitrogen and oxygen atoms in total. The lowest BCUT2D eigenvalue weighted by Gasteiger charge is -2.45. The monoisotopic (exact) mass is 419 g/mol. The fourth-order valence-corrected chi connectivity index (χ4v) is 5.07. The van der Waals surface area contributed by atoms with Crippen LogP contribution in [-0.2, 0) is 29.3 Å². The van der Waals surface area contributed by atoms with Crippen molar-refractivity contribution in [3.05, 3.63) is 51.5 Å². The predicted octanol–water partition coefficient (Wildman–Crippen LogP) is 1.97. The Labute approximate surface area is 169 Å². The van der Waals surface area contributed by atoms with E-state index >= 15 is 0 Å². The minimum atomic E-state index is -1.43. The van der Waals surface area contributed by atoms with Crippen LogP contribution in [-0.4, -0.2) is 31.0 Å². The Morgan fingerprint density at radius 1 is 1.34 bits per heavy atom. The number of halogens is 1. The van der Waals surface area contributed by atoms with Crippen molar-refractivity contribution in [3.8, 4) is 5.75 Å². The number of carbonyl (C=O) groups excluding carboxylic acids is 1. The van der Waals surface area contributed by atoms with Gasteiger partial charge < -0.3 is 10.4 Å². The molecule has 1 amide bonds. The molecule has 1 aliphatic heterocycles. The van der Waals surface area contributed by atoms with E-state index in [1.807, 2.05) is 0 Å². The molecule has 1 atom stereocenters. The number of benzene rings is 1. The van der Waals surface area contributed by atoms with Crippen molar-refractivity contribution >= 4 is 16.7 Å². The molecule has 1 fully saturated rings. The van der Waals surface area contributed by atoms with E-state index in [1.54, 1.807) is 0 Å². The largest absolute Gasteiger partial charge is 0.501 e. The van der Waals surface area contributed by atoms with E-state index in [1.165, 1.54) is 29.0 Å². The zero-order valence-electron chi connectivity index (χ0n) is 16.0. The molecule has 1 aromatic carbocycles. The molecular weight excluding hydrogens is 397 g/mol. The minimum absolute atomic E-state index is 0.0291. The molecule has 0 radical (unpaired) electrons. The highest BCUT2D eigenvalue weighted by Gasteiger charge is 2.45. The van der Waals surface area contributed by atoms with Crippen LogP contribution in [0.4, 0.5) is 4.39 Å². The Hall–Kier alpha value is -2.55. The van der Waals surface area contributed by atoms with Crippen LogP contribution < -0.4 is 10.9 Å². The Bertz CT molecular complexity index is 1080. The second kappa shape index (κ2) is 7.37. The quantitative estimate of drug-likeness (QED) is 0.789. The highest BCUT2D eigenvalue weighted by atomic mass is 32.2. The van der Waals surface area contributed by atoms with Crippen molar-refractivity contribution < 1.29 is 18.5 Å². The molecule has 9 heteroatoms. The first-order valence-corrected chi connectivity index (χ1v) is 11.1. The number of fused-ring (bicyclic) bond motifs is 2. The molecule has 1 spiro atoms. The van der Waals surface area contributed by atoms with Crippen LogP contribution in [0.25, 0.3) is 0 Å². The number of aromatic nitrogens is 2. The van der Waals surface area contributed by atoms with E-state index in [4.69, 9.17) is 0 Å². The average Bonchev–Trinajstić information content (AvgIpc) is 2.67. The highest BCUT2D eigenvalue weighted by Crippen LogP contribution is 2.48. The molecule has 2 N–H and O–H groups in total. The third-order valence-electron chi connectivity index (χ3n) is 5.96. The summed E-state index contributed by atoms with van der Waals surface area (Å²) in [6.45, 7) is 0.457. The van der Waals surface area contributed by atoms with Crippen molar-refractivity contribution in [1.29, 1.82) is 0 Å². The van der Waals surface area contributed by atoms with Crippen molar-refractivity contribution in [2.75, 3.05) is 6.26 Å². The molecular formula is C20H22FN3O4S. The summed E-state index contributed by atoms with van der Waals surface area (Å²) in [7, 11) is -1.43. The molecule has 1 aromatic heterocycles. The van der Waals surface area contributed by atoms with Gasteiger partial charge in [0.05, 0.1) is 10.8 Å². The first kappa shape index (κ1) is 19.8. The van der Waals surface area contributed by atoms with Crippen molar-refractivity contribution in [2.45, 2.75) is 55.5 Å². The van der Waals surface area contributed by atoms with Crippen molar-refractivity contribution in [3.63, 3.8) is 0 Å². The van der Waals surface area contributed by atoms with Crippen LogP contribution in [0.1, 0.15) is 54.0 Å². The van der Waals surface area contributed by atoms with Crippen LogP contribution in [0.3, 0.4) is 0 Å². The summed E-state index contributed by atoms with van der Waals surface area (Å²) in [6, 6.07) is 3.84. The molecule has 2 aromatic rings. The first-order chi connectivity index (χ1) is 13.8. The van der Waals surface area contributed by atoms with Gasteiger partial charge in [0.15, 0.2) is 5.69 Å². The highest BCUT2D eigenvalue weighted by molar-refractivity contribution is 7.84. The van der Waals surface area contributed by atoms with E-state index in [-0.39, 0.29) is 22.5 Å². The SMILES string of the molecule is CS(=O)c1cc(F)ccc1CNC(=O)c1nc2n(c(=O)c1O)CCCC21CCC1. The molecule has 0 bridgehead atoms. The molecule has 1 aliphatic carbocycles. The zero-order valence-corrected chi connectivity index (χ0v) is 16.9. The summed E-state index contributed by atoms with van der Waals surface area (Å²) in [6.07, 6.45) is 6.10. The predicted molar refractivity (Wildman–Crippen MR) is 105 cm³/mol. The summed E-state index contributed by atoms with van der Waals surface area (Å²) in [5, 5.41) is 12.9. The fourth-order valence-electron chi connectivity index (χ4n) is 4.28. The fraction of sp³-hybridized carbons (Fsp3) is 0.450. The number of rotatable bonds is 4. The van der Waals surface area contributed by atoms with Crippen LogP contribution in [0.2, 0.25) is 0 Å². The second-order valence-electron chi connectivity index (χ2n) is 7.72. The van der Waals surface area contributed by atoms with Gasteiger partial charge in [-0.15, -0.1) is 0 Å². The molecule has 4 rings (SSSR count). The zero-order chi connectivity index (χ0) is 20.8. The lowest BCUT2D eigenvalue weighted by atomic mass is 9.64. The van der Waals surface area contributed by atoms with E-state index < -0.39 is 33.8 Å². The van der Waals surface area contributed by atoms with Gasteiger partial charge in [-0.2, -0.15) is 0 Å². The second-order valence-corrected chi connectivity index (χ2v) is 9.06. The lowest BCUT2D eigenvalue weighted by molar-refractivity contribution is 0.0937. The first-order valence-electron chi connectivity index (χ1n) is 9.57. The van der Waals surface area contributed by atoms with Crippen LogP contribution in [0.5, 0.6) is 5.75 Å². The topological polar surface area (TPSA) is 101 Å². The standard InChI is InChI=1S/C20H22FN3O4S/c1-29(28)14-10-13(21)5-4-12(14)11-22-17(26)15-16(25)18(27)24-9-3-8-20(6-2-7-20)19(24)23-15/h4-5,10,25H,2-3,6-9,11H2,1H3,(H,22,26). The van der Waals surface area contributed by atoms with Gasteiger partial charge in [-0.25, -0.2) is 9.37 Å². The van der Waals surface area contributed by atoms with Gasteiger partial charge in [0, 0.05) is 29.7 Å².